The van der Waals surface area contributed by atoms with E-state index in [1.165, 1.54) is 11.4 Å². The maximum Gasteiger partial charge on any atom is 0.216 e. The fraction of sp³-hybridized carbons (Fsp3) is 0.727. The molecule has 0 N–H and O–H groups in total. The molecule has 0 radical (unpaired) electrons. The van der Waals surface area contributed by atoms with E-state index in [2.05, 4.69) is 5.10 Å². The van der Waals surface area contributed by atoms with Gasteiger partial charge in [0.1, 0.15) is 0 Å². The van der Waals surface area contributed by atoms with Gasteiger partial charge in [0.25, 0.3) is 0 Å². The molecule has 1 fully saturated rings. The van der Waals surface area contributed by atoms with Gasteiger partial charge in [-0.25, -0.2) is 8.42 Å². The quantitative estimate of drug-likeness (QED) is 0.748. The van der Waals surface area contributed by atoms with Crippen molar-refractivity contribution in [2.24, 2.45) is 7.05 Å². The highest BCUT2D eigenvalue weighted by molar-refractivity contribution is 7.89. The first-order valence-electron chi connectivity index (χ1n) is 6.10. The van der Waals surface area contributed by atoms with Crippen LogP contribution in [0.15, 0.2) is 12.4 Å². The summed E-state index contributed by atoms with van der Waals surface area (Å²) in [5, 5.41) is 4.08. The molecule has 1 atom stereocenters. The van der Waals surface area contributed by atoms with Crippen LogP contribution in [0.5, 0.6) is 0 Å². The van der Waals surface area contributed by atoms with Gasteiger partial charge in [0.05, 0.1) is 31.3 Å². The molecule has 0 aromatic carbocycles. The van der Waals surface area contributed by atoms with E-state index in [1.54, 1.807) is 10.9 Å². The van der Waals surface area contributed by atoms with Gasteiger partial charge in [-0.1, -0.05) is 0 Å². The first-order valence-corrected chi connectivity index (χ1v) is 7.71. The van der Waals surface area contributed by atoms with Crippen LogP contribution in [0.3, 0.4) is 0 Å². The van der Waals surface area contributed by atoms with Crippen LogP contribution in [-0.2, 0) is 26.5 Å². The van der Waals surface area contributed by atoms with Crippen molar-refractivity contribution in [3.63, 3.8) is 0 Å². The summed E-state index contributed by atoms with van der Waals surface area (Å²) in [5.41, 5.74) is 0.897. The molecule has 108 valence electrons. The number of rotatable bonds is 5. The van der Waals surface area contributed by atoms with Gasteiger partial charge < -0.3 is 9.47 Å². The highest BCUT2D eigenvalue weighted by Crippen LogP contribution is 2.23. The Hall–Kier alpha value is -0.960. The molecule has 8 heteroatoms. The third kappa shape index (κ3) is 3.53. The molecule has 0 aliphatic carbocycles. The van der Waals surface area contributed by atoms with Crippen molar-refractivity contribution in [1.82, 2.24) is 14.1 Å². The van der Waals surface area contributed by atoms with E-state index in [0.717, 1.165) is 5.56 Å². The predicted molar refractivity (Wildman–Crippen MR) is 69.1 cm³/mol. The zero-order valence-electron chi connectivity index (χ0n) is 11.2. The van der Waals surface area contributed by atoms with Gasteiger partial charge in [0.15, 0.2) is 0 Å². The third-order valence-electron chi connectivity index (χ3n) is 3.06. The van der Waals surface area contributed by atoms with Gasteiger partial charge in [-0.15, -0.1) is 0 Å². The van der Waals surface area contributed by atoms with E-state index < -0.39 is 10.0 Å². The van der Waals surface area contributed by atoms with Gasteiger partial charge in [-0.3, -0.25) is 4.68 Å². The number of morpholine rings is 1. The summed E-state index contributed by atoms with van der Waals surface area (Å²) >= 11 is 0. The lowest BCUT2D eigenvalue weighted by Crippen LogP contribution is -2.43. The van der Waals surface area contributed by atoms with Gasteiger partial charge >= 0.3 is 0 Å². The second-order valence-corrected chi connectivity index (χ2v) is 6.56. The largest absolute Gasteiger partial charge is 0.384 e. The third-order valence-corrected chi connectivity index (χ3v) is 4.87. The minimum atomic E-state index is -3.28. The van der Waals surface area contributed by atoms with E-state index in [1.807, 2.05) is 13.2 Å². The van der Waals surface area contributed by atoms with Gasteiger partial charge in [-0.2, -0.15) is 9.40 Å². The van der Waals surface area contributed by atoms with Gasteiger partial charge in [-0.05, 0) is 0 Å². The Morgan fingerprint density at radius 2 is 2.37 bits per heavy atom. The molecular weight excluding hydrogens is 270 g/mol. The normalized spacial score (nSPS) is 21.7. The summed E-state index contributed by atoms with van der Waals surface area (Å²) in [6.07, 6.45) is 3.30. The molecular formula is C11H19N3O4S. The van der Waals surface area contributed by atoms with E-state index >= 15 is 0 Å². The maximum absolute atomic E-state index is 12.1. The molecule has 2 heterocycles. The first kappa shape index (κ1) is 14.4. The monoisotopic (exact) mass is 289 g/mol. The fourth-order valence-corrected chi connectivity index (χ4v) is 3.35. The standard InChI is InChI=1S/C11H19N3O4S/c1-13-8-10(7-12-13)11-9-14(3-4-18-11)19(15,16)6-5-17-2/h7-8,11H,3-6,9H2,1-2H3/t11-/m1/s1. The van der Waals surface area contributed by atoms with Gasteiger partial charge in [0.2, 0.25) is 10.0 Å². The number of methoxy groups -OCH3 is 1. The Labute approximate surface area is 113 Å². The van der Waals surface area contributed by atoms with Crippen LogP contribution in [-0.4, -0.2) is 61.7 Å². The number of nitrogens with zero attached hydrogens (tertiary/aromatic N) is 3. The van der Waals surface area contributed by atoms with Crippen molar-refractivity contribution in [2.75, 3.05) is 39.2 Å². The Kier molecular flexibility index (Phi) is 4.56. The minimum absolute atomic E-state index is 0.00323. The summed E-state index contributed by atoms with van der Waals surface area (Å²) in [5.74, 6) is 0.00323. The van der Waals surface area contributed by atoms with Crippen LogP contribution in [0.25, 0.3) is 0 Å². The summed E-state index contributed by atoms with van der Waals surface area (Å²) in [6, 6.07) is 0. The van der Waals surface area contributed by atoms with Crippen molar-refractivity contribution < 1.29 is 17.9 Å². The molecule has 0 saturated carbocycles. The minimum Gasteiger partial charge on any atom is -0.384 e. The van der Waals surface area contributed by atoms with E-state index in [-0.39, 0.29) is 18.5 Å². The summed E-state index contributed by atoms with van der Waals surface area (Å²) in [7, 11) is 0.0337. The Balaban J connectivity index is 2.05. The lowest BCUT2D eigenvalue weighted by molar-refractivity contribution is -0.00272. The molecule has 1 aliphatic rings. The van der Waals surface area contributed by atoms with E-state index in [9.17, 15) is 8.42 Å². The van der Waals surface area contributed by atoms with Crippen molar-refractivity contribution in [3.8, 4) is 0 Å². The second-order valence-electron chi connectivity index (χ2n) is 4.47. The number of hydrogen-bond donors (Lipinski definition) is 0. The molecule has 19 heavy (non-hydrogen) atoms. The Morgan fingerprint density at radius 3 is 3.00 bits per heavy atom. The zero-order valence-corrected chi connectivity index (χ0v) is 12.0. The number of aromatic nitrogens is 2. The van der Waals surface area contributed by atoms with E-state index in [4.69, 9.17) is 9.47 Å². The van der Waals surface area contributed by atoms with Crippen LogP contribution in [0.2, 0.25) is 0 Å². The number of ether oxygens (including phenoxy) is 2. The fourth-order valence-electron chi connectivity index (χ4n) is 2.00. The zero-order chi connectivity index (χ0) is 13.9. The average molecular weight is 289 g/mol. The van der Waals surface area contributed by atoms with Crippen LogP contribution < -0.4 is 0 Å². The number of sulfonamides is 1. The summed E-state index contributed by atoms with van der Waals surface area (Å²) < 4.78 is 37.8. The lowest BCUT2D eigenvalue weighted by Gasteiger charge is -2.31. The molecule has 2 rings (SSSR count). The van der Waals surface area contributed by atoms with Crippen molar-refractivity contribution in [2.45, 2.75) is 6.10 Å². The molecule has 0 unspecified atom stereocenters. The lowest BCUT2D eigenvalue weighted by atomic mass is 10.2. The molecule has 7 nitrogen and oxygen atoms in total. The number of hydrogen-bond acceptors (Lipinski definition) is 5. The smallest absolute Gasteiger partial charge is 0.216 e. The highest BCUT2D eigenvalue weighted by Gasteiger charge is 2.30. The van der Waals surface area contributed by atoms with Crippen LogP contribution in [0, 0.1) is 0 Å². The highest BCUT2D eigenvalue weighted by atomic mass is 32.2. The van der Waals surface area contributed by atoms with Crippen LogP contribution in [0.1, 0.15) is 11.7 Å². The molecule has 1 saturated heterocycles. The molecule has 0 spiro atoms. The topological polar surface area (TPSA) is 73.7 Å². The van der Waals surface area contributed by atoms with Crippen molar-refractivity contribution in [1.29, 1.82) is 0 Å². The summed E-state index contributed by atoms with van der Waals surface area (Å²) in [4.78, 5) is 0. The average Bonchev–Trinajstić information content (AvgIpc) is 2.83. The van der Waals surface area contributed by atoms with Crippen molar-refractivity contribution in [3.05, 3.63) is 18.0 Å². The number of aryl methyl sites for hydroxylation is 1. The molecule has 1 aromatic heterocycles. The van der Waals surface area contributed by atoms with Crippen molar-refractivity contribution >= 4 is 10.0 Å². The molecule has 1 aliphatic heterocycles. The van der Waals surface area contributed by atoms with E-state index in [0.29, 0.717) is 19.7 Å². The second kappa shape index (κ2) is 6.00. The Morgan fingerprint density at radius 1 is 1.58 bits per heavy atom. The van der Waals surface area contributed by atoms with Crippen LogP contribution >= 0.6 is 0 Å². The molecule has 0 amide bonds. The summed E-state index contributed by atoms with van der Waals surface area (Å²) in [6.45, 7) is 1.32. The predicted octanol–water partition coefficient (Wildman–Crippen LogP) is -0.230. The SMILES string of the molecule is COCCS(=O)(=O)N1CCO[C@@H](c2cnn(C)c2)C1. The maximum atomic E-state index is 12.1. The Bertz CT molecular complexity index is 514. The first-order chi connectivity index (χ1) is 9.03. The van der Waals surface area contributed by atoms with Gasteiger partial charge in [0, 0.05) is 39.0 Å². The van der Waals surface area contributed by atoms with Crippen LogP contribution in [0.4, 0.5) is 0 Å². The molecule has 1 aromatic rings. The molecule has 0 bridgehead atoms.